The molecule has 0 radical (unpaired) electrons. The second-order valence-corrected chi connectivity index (χ2v) is 5.51. The van der Waals surface area contributed by atoms with E-state index in [1.165, 1.54) is 5.56 Å². The first-order valence-electron chi connectivity index (χ1n) is 4.97. The zero-order valence-corrected chi connectivity index (χ0v) is 10.8. The van der Waals surface area contributed by atoms with Crippen molar-refractivity contribution in [1.82, 2.24) is 14.8 Å². The van der Waals surface area contributed by atoms with Crippen LogP contribution in [-0.4, -0.2) is 20.8 Å². The van der Waals surface area contributed by atoms with E-state index in [1.807, 2.05) is 14.0 Å². The van der Waals surface area contributed by atoms with E-state index < -0.39 is 0 Å². The fourth-order valence-corrected chi connectivity index (χ4v) is 3.24. The molecule has 0 aliphatic rings. The molecule has 0 amide bonds. The molecule has 0 saturated carbocycles. The fourth-order valence-electron chi connectivity index (χ4n) is 1.42. The molecular formula is C10H14N4S2. The molecule has 2 heterocycles. The minimum absolute atomic E-state index is 0.0799. The molecule has 86 valence electrons. The highest BCUT2D eigenvalue weighted by Gasteiger charge is 2.20. The topological polar surface area (TPSA) is 56.7 Å². The van der Waals surface area contributed by atoms with Crippen molar-refractivity contribution in [3.8, 4) is 0 Å². The fraction of sp³-hybridized carbons (Fsp3) is 0.400. The van der Waals surface area contributed by atoms with Crippen LogP contribution in [0.4, 0.5) is 0 Å². The Morgan fingerprint density at radius 1 is 1.56 bits per heavy atom. The van der Waals surface area contributed by atoms with Crippen LogP contribution in [0.15, 0.2) is 28.3 Å². The third-order valence-electron chi connectivity index (χ3n) is 2.25. The van der Waals surface area contributed by atoms with Gasteiger partial charge in [0.15, 0.2) is 5.16 Å². The average Bonchev–Trinajstić information content (AvgIpc) is 2.85. The Morgan fingerprint density at radius 3 is 2.88 bits per heavy atom. The Kier molecular flexibility index (Phi) is 3.63. The predicted molar refractivity (Wildman–Crippen MR) is 67.6 cm³/mol. The Labute approximate surface area is 103 Å². The molecular weight excluding hydrogens is 240 g/mol. The van der Waals surface area contributed by atoms with E-state index in [0.29, 0.717) is 0 Å². The summed E-state index contributed by atoms with van der Waals surface area (Å²) in [5.74, 6) is 0. The van der Waals surface area contributed by atoms with Crippen molar-refractivity contribution in [2.24, 2.45) is 12.8 Å². The largest absolute Gasteiger partial charge is 0.327 e. The van der Waals surface area contributed by atoms with Gasteiger partial charge in [-0.05, 0) is 29.3 Å². The monoisotopic (exact) mass is 254 g/mol. The van der Waals surface area contributed by atoms with E-state index in [-0.39, 0.29) is 11.3 Å². The van der Waals surface area contributed by atoms with Gasteiger partial charge in [-0.1, -0.05) is 11.8 Å². The molecule has 0 saturated heterocycles. The predicted octanol–water partition coefficient (Wildman–Crippen LogP) is 2.06. The summed E-state index contributed by atoms with van der Waals surface area (Å²) < 4.78 is 1.77. The summed E-state index contributed by atoms with van der Waals surface area (Å²) in [5, 5.41) is 9.39. The van der Waals surface area contributed by atoms with Crippen LogP contribution in [0.3, 0.4) is 0 Å². The van der Waals surface area contributed by atoms with Crippen LogP contribution in [0.2, 0.25) is 0 Å². The Morgan fingerprint density at radius 2 is 2.38 bits per heavy atom. The first kappa shape index (κ1) is 11.6. The van der Waals surface area contributed by atoms with E-state index in [9.17, 15) is 0 Å². The van der Waals surface area contributed by atoms with Crippen molar-refractivity contribution in [3.63, 3.8) is 0 Å². The van der Waals surface area contributed by atoms with Crippen molar-refractivity contribution in [2.75, 3.05) is 0 Å². The molecule has 6 heteroatoms. The minimum atomic E-state index is 0.0799. The number of thiophene rings is 1. The normalized spacial score (nSPS) is 14.9. The molecule has 0 aliphatic heterocycles. The minimum Gasteiger partial charge on any atom is -0.327 e. The number of nitrogens with zero attached hydrogens (tertiary/aromatic N) is 3. The highest BCUT2D eigenvalue weighted by Crippen LogP contribution is 2.36. The van der Waals surface area contributed by atoms with Gasteiger partial charge in [0.1, 0.15) is 6.33 Å². The van der Waals surface area contributed by atoms with Gasteiger partial charge in [-0.15, -0.1) is 0 Å². The third kappa shape index (κ3) is 2.45. The summed E-state index contributed by atoms with van der Waals surface area (Å²) in [4.78, 5) is 4.21. The van der Waals surface area contributed by atoms with Crippen molar-refractivity contribution >= 4 is 23.1 Å². The Hall–Kier alpha value is -0.850. The van der Waals surface area contributed by atoms with Gasteiger partial charge in [-0.25, -0.2) is 9.67 Å². The highest BCUT2D eigenvalue weighted by molar-refractivity contribution is 7.99. The van der Waals surface area contributed by atoms with E-state index in [2.05, 4.69) is 26.9 Å². The molecule has 2 N–H and O–H groups in total. The Bertz CT molecular complexity index is 435. The maximum atomic E-state index is 6.02. The maximum absolute atomic E-state index is 6.02. The van der Waals surface area contributed by atoms with E-state index in [1.54, 1.807) is 34.1 Å². The molecule has 0 spiro atoms. The molecule has 2 aromatic rings. The van der Waals surface area contributed by atoms with Gasteiger partial charge in [-0.2, -0.15) is 16.4 Å². The first-order chi connectivity index (χ1) is 7.68. The zero-order valence-electron chi connectivity index (χ0n) is 9.20. The first-order valence-corrected chi connectivity index (χ1v) is 6.79. The van der Waals surface area contributed by atoms with Gasteiger partial charge in [-0.3, -0.25) is 0 Å². The molecule has 0 aliphatic carbocycles. The summed E-state index contributed by atoms with van der Waals surface area (Å²) in [5.41, 5.74) is 7.28. The van der Waals surface area contributed by atoms with Crippen molar-refractivity contribution in [2.45, 2.75) is 23.4 Å². The van der Waals surface area contributed by atoms with Gasteiger partial charge in [0.2, 0.25) is 0 Å². The van der Waals surface area contributed by atoms with Crippen LogP contribution < -0.4 is 5.73 Å². The second kappa shape index (κ2) is 4.99. The Balaban J connectivity index is 2.19. The van der Waals surface area contributed by atoms with E-state index in [4.69, 9.17) is 5.73 Å². The zero-order chi connectivity index (χ0) is 11.5. The molecule has 0 fully saturated rings. The van der Waals surface area contributed by atoms with Crippen molar-refractivity contribution in [1.29, 1.82) is 0 Å². The van der Waals surface area contributed by atoms with Crippen LogP contribution in [0.25, 0.3) is 0 Å². The molecule has 2 atom stereocenters. The van der Waals surface area contributed by atoms with Crippen molar-refractivity contribution in [3.05, 3.63) is 28.7 Å². The number of aromatic nitrogens is 3. The van der Waals surface area contributed by atoms with Crippen molar-refractivity contribution < 1.29 is 0 Å². The highest BCUT2D eigenvalue weighted by atomic mass is 32.2. The van der Waals surface area contributed by atoms with Gasteiger partial charge < -0.3 is 5.73 Å². The third-order valence-corrected chi connectivity index (χ3v) is 4.49. The average molecular weight is 254 g/mol. The van der Waals surface area contributed by atoms with Crippen LogP contribution in [-0.2, 0) is 7.05 Å². The molecule has 0 bridgehead atoms. The van der Waals surface area contributed by atoms with E-state index in [0.717, 1.165) is 5.16 Å². The van der Waals surface area contributed by atoms with Gasteiger partial charge in [0.25, 0.3) is 0 Å². The lowest BCUT2D eigenvalue weighted by Crippen LogP contribution is -2.22. The van der Waals surface area contributed by atoms with Crippen LogP contribution in [0.5, 0.6) is 0 Å². The van der Waals surface area contributed by atoms with Crippen LogP contribution in [0.1, 0.15) is 17.7 Å². The summed E-state index contributed by atoms with van der Waals surface area (Å²) in [7, 11) is 1.89. The van der Waals surface area contributed by atoms with Gasteiger partial charge in [0.05, 0.1) is 5.25 Å². The number of rotatable bonds is 4. The van der Waals surface area contributed by atoms with Gasteiger partial charge in [0, 0.05) is 13.1 Å². The summed E-state index contributed by atoms with van der Waals surface area (Å²) in [6, 6.07) is 2.19. The summed E-state index contributed by atoms with van der Waals surface area (Å²) in [6.45, 7) is 2.02. The summed E-state index contributed by atoms with van der Waals surface area (Å²) in [6.07, 6.45) is 1.56. The summed E-state index contributed by atoms with van der Waals surface area (Å²) >= 11 is 3.35. The molecule has 2 unspecified atom stereocenters. The molecule has 2 rings (SSSR count). The maximum Gasteiger partial charge on any atom is 0.186 e. The SMILES string of the molecule is CC(N)C(Sc1ncnn1C)c1ccsc1. The lowest BCUT2D eigenvalue weighted by molar-refractivity contribution is 0.672. The lowest BCUT2D eigenvalue weighted by atomic mass is 10.1. The molecule has 0 aromatic carbocycles. The van der Waals surface area contributed by atoms with Gasteiger partial charge >= 0.3 is 0 Å². The second-order valence-electron chi connectivity index (χ2n) is 3.62. The van der Waals surface area contributed by atoms with E-state index >= 15 is 0 Å². The molecule has 16 heavy (non-hydrogen) atoms. The number of hydrogen-bond donors (Lipinski definition) is 1. The van der Waals surface area contributed by atoms with Crippen LogP contribution >= 0.6 is 23.1 Å². The quantitative estimate of drug-likeness (QED) is 0.849. The lowest BCUT2D eigenvalue weighted by Gasteiger charge is -2.18. The smallest absolute Gasteiger partial charge is 0.186 e. The van der Waals surface area contributed by atoms with Crippen LogP contribution in [0, 0.1) is 0 Å². The number of thioether (sulfide) groups is 1. The number of nitrogens with two attached hydrogens (primary N) is 1. The standard InChI is InChI=1S/C10H14N4S2/c1-7(11)9(8-3-4-15-5-8)16-10-12-6-13-14(10)2/h3-7,9H,11H2,1-2H3. The molecule has 4 nitrogen and oxygen atoms in total. The number of aryl methyl sites for hydroxylation is 1. The molecule has 2 aromatic heterocycles. The number of hydrogen-bond acceptors (Lipinski definition) is 5.